The quantitative estimate of drug-likeness (QED) is 0.878. The van der Waals surface area contributed by atoms with Crippen molar-refractivity contribution in [3.05, 3.63) is 11.6 Å². The third-order valence-corrected chi connectivity index (χ3v) is 4.24. The number of hydrogen-bond donors (Lipinski definition) is 1. The van der Waals surface area contributed by atoms with Crippen LogP contribution in [0.4, 0.5) is 0 Å². The minimum absolute atomic E-state index is 0.163. The number of hydrogen-bond acceptors (Lipinski definition) is 4. The fourth-order valence-corrected chi connectivity index (χ4v) is 3.02. The summed E-state index contributed by atoms with van der Waals surface area (Å²) < 4.78 is 2.24. The van der Waals surface area contributed by atoms with Gasteiger partial charge in [0.2, 0.25) is 0 Å². The molecule has 0 radical (unpaired) electrons. The molecule has 0 saturated carbocycles. The van der Waals surface area contributed by atoms with E-state index in [0.29, 0.717) is 0 Å². The highest BCUT2D eigenvalue weighted by molar-refractivity contribution is 5.70. The molecule has 0 atom stereocenters. The SMILES string of the molecule is O=C(O)C1CCN(Cc2nnc3n2CCCC3)CC1. The van der Waals surface area contributed by atoms with E-state index in [-0.39, 0.29) is 5.92 Å². The zero-order chi connectivity index (χ0) is 13.2. The Morgan fingerprint density at radius 2 is 2.00 bits per heavy atom. The molecule has 2 aliphatic rings. The highest BCUT2D eigenvalue weighted by Crippen LogP contribution is 2.20. The molecule has 2 aliphatic heterocycles. The van der Waals surface area contributed by atoms with Crippen molar-refractivity contribution in [2.45, 2.75) is 45.2 Å². The first-order chi connectivity index (χ1) is 9.24. The van der Waals surface area contributed by atoms with E-state index >= 15 is 0 Å². The lowest BCUT2D eigenvalue weighted by Gasteiger charge is -2.29. The standard InChI is InChI=1S/C13H20N4O2/c18-13(19)10-4-7-16(8-5-10)9-12-15-14-11-3-1-2-6-17(11)12/h10H,1-9H2,(H,18,19). The average molecular weight is 264 g/mol. The maximum absolute atomic E-state index is 10.9. The van der Waals surface area contributed by atoms with Crippen LogP contribution < -0.4 is 0 Å². The first-order valence-corrected chi connectivity index (χ1v) is 7.10. The number of likely N-dealkylation sites (tertiary alicyclic amines) is 1. The Labute approximate surface area is 112 Å². The average Bonchev–Trinajstić information content (AvgIpc) is 2.83. The van der Waals surface area contributed by atoms with Crippen molar-refractivity contribution in [2.24, 2.45) is 5.92 Å². The first kappa shape index (κ1) is 12.6. The number of carbonyl (C=O) groups is 1. The minimum Gasteiger partial charge on any atom is -0.481 e. The number of carboxylic acids is 1. The van der Waals surface area contributed by atoms with Gasteiger partial charge in [-0.3, -0.25) is 9.69 Å². The molecule has 0 unspecified atom stereocenters. The predicted molar refractivity (Wildman–Crippen MR) is 68.6 cm³/mol. The van der Waals surface area contributed by atoms with Crippen molar-refractivity contribution < 1.29 is 9.90 Å². The van der Waals surface area contributed by atoms with Crippen LogP contribution in [0.15, 0.2) is 0 Å². The van der Waals surface area contributed by atoms with Gasteiger partial charge in [0, 0.05) is 13.0 Å². The molecule has 1 saturated heterocycles. The summed E-state index contributed by atoms with van der Waals surface area (Å²) in [5, 5.41) is 17.6. The zero-order valence-electron chi connectivity index (χ0n) is 11.1. The third kappa shape index (κ3) is 2.63. The second-order valence-corrected chi connectivity index (χ2v) is 5.53. The first-order valence-electron chi connectivity index (χ1n) is 7.10. The summed E-state index contributed by atoms with van der Waals surface area (Å²) in [6.07, 6.45) is 4.95. The minimum atomic E-state index is -0.653. The normalized spacial score (nSPS) is 21.3. The fourth-order valence-electron chi connectivity index (χ4n) is 3.02. The van der Waals surface area contributed by atoms with Crippen molar-refractivity contribution >= 4 is 5.97 Å². The number of carboxylic acid groups (broad SMARTS) is 1. The van der Waals surface area contributed by atoms with E-state index in [9.17, 15) is 4.79 Å². The molecule has 1 aromatic rings. The number of aromatic nitrogens is 3. The molecule has 0 bridgehead atoms. The molecular weight excluding hydrogens is 244 g/mol. The van der Waals surface area contributed by atoms with Gasteiger partial charge in [-0.2, -0.15) is 0 Å². The van der Waals surface area contributed by atoms with Crippen molar-refractivity contribution in [3.63, 3.8) is 0 Å². The van der Waals surface area contributed by atoms with Crippen LogP contribution >= 0.6 is 0 Å². The van der Waals surface area contributed by atoms with Crippen LogP contribution in [0, 0.1) is 5.92 Å². The van der Waals surface area contributed by atoms with E-state index in [0.717, 1.165) is 57.1 Å². The molecule has 1 aromatic heterocycles. The number of aryl methyl sites for hydroxylation is 1. The largest absolute Gasteiger partial charge is 0.481 e. The van der Waals surface area contributed by atoms with Crippen LogP contribution in [0.25, 0.3) is 0 Å². The van der Waals surface area contributed by atoms with Gasteiger partial charge in [-0.05, 0) is 38.8 Å². The van der Waals surface area contributed by atoms with Crippen LogP contribution in [0.3, 0.4) is 0 Å². The highest BCUT2D eigenvalue weighted by atomic mass is 16.4. The topological polar surface area (TPSA) is 71.2 Å². The summed E-state index contributed by atoms with van der Waals surface area (Å²) >= 11 is 0. The number of rotatable bonds is 3. The lowest BCUT2D eigenvalue weighted by Crippen LogP contribution is -2.36. The molecule has 0 aromatic carbocycles. The van der Waals surface area contributed by atoms with Gasteiger partial charge in [0.1, 0.15) is 11.6 Å². The molecule has 0 spiro atoms. The number of aliphatic carboxylic acids is 1. The number of fused-ring (bicyclic) bond motifs is 1. The molecule has 1 N–H and O–H groups in total. The molecule has 6 heteroatoms. The molecule has 19 heavy (non-hydrogen) atoms. The lowest BCUT2D eigenvalue weighted by atomic mass is 9.97. The molecule has 3 rings (SSSR count). The Morgan fingerprint density at radius 1 is 1.21 bits per heavy atom. The Morgan fingerprint density at radius 3 is 2.74 bits per heavy atom. The Hall–Kier alpha value is -1.43. The third-order valence-electron chi connectivity index (χ3n) is 4.24. The summed E-state index contributed by atoms with van der Waals surface area (Å²) in [5.41, 5.74) is 0. The van der Waals surface area contributed by atoms with Crippen molar-refractivity contribution in [2.75, 3.05) is 13.1 Å². The van der Waals surface area contributed by atoms with E-state index < -0.39 is 5.97 Å². The van der Waals surface area contributed by atoms with Gasteiger partial charge < -0.3 is 9.67 Å². The molecular formula is C13H20N4O2. The summed E-state index contributed by atoms with van der Waals surface area (Å²) in [6, 6.07) is 0. The van der Waals surface area contributed by atoms with E-state index in [1.165, 1.54) is 12.8 Å². The van der Waals surface area contributed by atoms with Gasteiger partial charge in [0.05, 0.1) is 12.5 Å². The number of piperidine rings is 1. The van der Waals surface area contributed by atoms with E-state index in [1.807, 2.05) is 0 Å². The zero-order valence-corrected chi connectivity index (χ0v) is 11.1. The Kier molecular flexibility index (Phi) is 3.50. The van der Waals surface area contributed by atoms with Crippen LogP contribution in [-0.2, 0) is 24.3 Å². The number of nitrogens with zero attached hydrogens (tertiary/aromatic N) is 4. The summed E-state index contributed by atoms with van der Waals surface area (Å²) in [6.45, 7) is 3.53. The van der Waals surface area contributed by atoms with Gasteiger partial charge >= 0.3 is 5.97 Å². The van der Waals surface area contributed by atoms with Crippen LogP contribution in [-0.4, -0.2) is 43.8 Å². The van der Waals surface area contributed by atoms with Crippen molar-refractivity contribution in [1.82, 2.24) is 19.7 Å². The van der Waals surface area contributed by atoms with Gasteiger partial charge in [0.15, 0.2) is 0 Å². The summed E-state index contributed by atoms with van der Waals surface area (Å²) in [5.74, 6) is 1.34. The van der Waals surface area contributed by atoms with Crippen LogP contribution in [0.5, 0.6) is 0 Å². The highest BCUT2D eigenvalue weighted by Gasteiger charge is 2.26. The molecule has 0 amide bonds. The second-order valence-electron chi connectivity index (χ2n) is 5.53. The van der Waals surface area contributed by atoms with E-state index in [1.54, 1.807) is 0 Å². The predicted octanol–water partition coefficient (Wildman–Crippen LogP) is 0.911. The van der Waals surface area contributed by atoms with E-state index in [2.05, 4.69) is 19.7 Å². The molecule has 6 nitrogen and oxygen atoms in total. The van der Waals surface area contributed by atoms with Gasteiger partial charge in [0.25, 0.3) is 0 Å². The monoisotopic (exact) mass is 264 g/mol. The van der Waals surface area contributed by atoms with Gasteiger partial charge in [-0.1, -0.05) is 0 Å². The van der Waals surface area contributed by atoms with Gasteiger partial charge in [-0.25, -0.2) is 0 Å². The fraction of sp³-hybridized carbons (Fsp3) is 0.769. The lowest BCUT2D eigenvalue weighted by molar-refractivity contribution is -0.143. The van der Waals surface area contributed by atoms with Crippen molar-refractivity contribution in [1.29, 1.82) is 0 Å². The second kappa shape index (κ2) is 5.28. The van der Waals surface area contributed by atoms with Gasteiger partial charge in [-0.15, -0.1) is 10.2 Å². The van der Waals surface area contributed by atoms with Crippen LogP contribution in [0.1, 0.15) is 37.3 Å². The Balaban J connectivity index is 1.60. The molecule has 3 heterocycles. The molecule has 1 fully saturated rings. The molecule has 0 aliphatic carbocycles. The van der Waals surface area contributed by atoms with E-state index in [4.69, 9.17) is 5.11 Å². The van der Waals surface area contributed by atoms with Crippen LogP contribution in [0.2, 0.25) is 0 Å². The maximum Gasteiger partial charge on any atom is 0.306 e. The van der Waals surface area contributed by atoms with Crippen molar-refractivity contribution in [3.8, 4) is 0 Å². The maximum atomic E-state index is 10.9. The summed E-state index contributed by atoms with van der Waals surface area (Å²) in [7, 11) is 0. The molecule has 104 valence electrons. The Bertz CT molecular complexity index is 463. The summed E-state index contributed by atoms with van der Waals surface area (Å²) in [4.78, 5) is 13.2. The smallest absolute Gasteiger partial charge is 0.306 e.